The lowest BCUT2D eigenvalue weighted by Gasteiger charge is -2.07. The standard InChI is InChI=1S/C13H29N/c1-4-13(2)11-9-7-5-6-8-10-12-14-3/h13-14H,4-12H2,1-3H3/t13-/m0/s1. The summed E-state index contributed by atoms with van der Waals surface area (Å²) in [7, 11) is 2.03. The molecule has 1 heteroatoms. The monoisotopic (exact) mass is 199 g/mol. The van der Waals surface area contributed by atoms with Crippen molar-refractivity contribution in [2.45, 2.75) is 65.2 Å². The van der Waals surface area contributed by atoms with Gasteiger partial charge in [-0.25, -0.2) is 0 Å². The van der Waals surface area contributed by atoms with Gasteiger partial charge < -0.3 is 5.32 Å². The number of hydrogen-bond acceptors (Lipinski definition) is 1. The van der Waals surface area contributed by atoms with Crippen LogP contribution in [0.5, 0.6) is 0 Å². The van der Waals surface area contributed by atoms with E-state index in [1.165, 1.54) is 57.9 Å². The van der Waals surface area contributed by atoms with Crippen LogP contribution in [0.3, 0.4) is 0 Å². The Hall–Kier alpha value is -0.0400. The summed E-state index contributed by atoms with van der Waals surface area (Å²) in [5.74, 6) is 0.944. The fraction of sp³-hybridized carbons (Fsp3) is 1.00. The van der Waals surface area contributed by atoms with E-state index in [1.54, 1.807) is 0 Å². The molecule has 1 nitrogen and oxygen atoms in total. The molecule has 0 rings (SSSR count). The minimum Gasteiger partial charge on any atom is -0.320 e. The van der Waals surface area contributed by atoms with Crippen LogP contribution in [-0.2, 0) is 0 Å². The lowest BCUT2D eigenvalue weighted by molar-refractivity contribution is 0.470. The highest BCUT2D eigenvalue weighted by Crippen LogP contribution is 2.13. The van der Waals surface area contributed by atoms with E-state index in [0.29, 0.717) is 0 Å². The average Bonchev–Trinajstić information content (AvgIpc) is 2.21. The van der Waals surface area contributed by atoms with Gasteiger partial charge in [0.25, 0.3) is 0 Å². The predicted molar refractivity (Wildman–Crippen MR) is 65.7 cm³/mol. The highest BCUT2D eigenvalue weighted by molar-refractivity contribution is 4.52. The molecule has 0 spiro atoms. The molecule has 0 heterocycles. The molecule has 0 aromatic heterocycles. The minimum absolute atomic E-state index is 0.944. The first-order chi connectivity index (χ1) is 6.81. The molecular weight excluding hydrogens is 170 g/mol. The summed E-state index contributed by atoms with van der Waals surface area (Å²) in [6.07, 6.45) is 11.3. The summed E-state index contributed by atoms with van der Waals surface area (Å²) in [5.41, 5.74) is 0. The number of rotatable bonds is 10. The number of unbranched alkanes of at least 4 members (excludes halogenated alkanes) is 5. The zero-order chi connectivity index (χ0) is 10.6. The van der Waals surface area contributed by atoms with Gasteiger partial charge in [-0.2, -0.15) is 0 Å². The van der Waals surface area contributed by atoms with Crippen molar-refractivity contribution in [2.75, 3.05) is 13.6 Å². The third kappa shape index (κ3) is 10.0. The summed E-state index contributed by atoms with van der Waals surface area (Å²) in [6.45, 7) is 5.85. The molecule has 14 heavy (non-hydrogen) atoms. The van der Waals surface area contributed by atoms with E-state index in [0.717, 1.165) is 5.92 Å². The van der Waals surface area contributed by atoms with Gasteiger partial charge in [0.15, 0.2) is 0 Å². The van der Waals surface area contributed by atoms with Crippen LogP contribution in [0.15, 0.2) is 0 Å². The van der Waals surface area contributed by atoms with Crippen molar-refractivity contribution in [3.8, 4) is 0 Å². The summed E-state index contributed by atoms with van der Waals surface area (Å²) in [6, 6.07) is 0. The SMILES string of the molecule is CC[C@H](C)CCCCCCCCNC. The Kier molecular flexibility index (Phi) is 11.0. The molecule has 0 saturated carbocycles. The predicted octanol–water partition coefficient (Wildman–Crippen LogP) is 3.98. The number of nitrogens with one attached hydrogen (secondary N) is 1. The van der Waals surface area contributed by atoms with Gasteiger partial charge in [-0.1, -0.05) is 58.8 Å². The second-order valence-electron chi connectivity index (χ2n) is 4.53. The van der Waals surface area contributed by atoms with Crippen molar-refractivity contribution in [3.05, 3.63) is 0 Å². The first-order valence-electron chi connectivity index (χ1n) is 6.45. The zero-order valence-electron chi connectivity index (χ0n) is 10.4. The van der Waals surface area contributed by atoms with Crippen LogP contribution >= 0.6 is 0 Å². The van der Waals surface area contributed by atoms with Crippen LogP contribution in [0.4, 0.5) is 0 Å². The minimum atomic E-state index is 0.944. The molecule has 0 radical (unpaired) electrons. The molecule has 0 fully saturated rings. The second kappa shape index (κ2) is 11.0. The first-order valence-corrected chi connectivity index (χ1v) is 6.45. The molecule has 86 valence electrons. The summed E-state index contributed by atoms with van der Waals surface area (Å²) >= 11 is 0. The lowest BCUT2D eigenvalue weighted by atomic mass is 10.00. The molecule has 1 N–H and O–H groups in total. The van der Waals surface area contributed by atoms with Gasteiger partial charge in [0, 0.05) is 0 Å². The Morgan fingerprint density at radius 2 is 1.50 bits per heavy atom. The van der Waals surface area contributed by atoms with Crippen molar-refractivity contribution in [3.63, 3.8) is 0 Å². The maximum absolute atomic E-state index is 3.19. The van der Waals surface area contributed by atoms with Crippen LogP contribution in [0.25, 0.3) is 0 Å². The van der Waals surface area contributed by atoms with E-state index in [9.17, 15) is 0 Å². The third-order valence-corrected chi connectivity index (χ3v) is 3.07. The molecule has 1 atom stereocenters. The van der Waals surface area contributed by atoms with Gasteiger partial charge >= 0.3 is 0 Å². The third-order valence-electron chi connectivity index (χ3n) is 3.07. The van der Waals surface area contributed by atoms with Crippen molar-refractivity contribution in [2.24, 2.45) is 5.92 Å². The largest absolute Gasteiger partial charge is 0.320 e. The Balaban J connectivity index is 2.92. The highest BCUT2D eigenvalue weighted by Gasteiger charge is 1.97. The van der Waals surface area contributed by atoms with Gasteiger partial charge in [-0.15, -0.1) is 0 Å². The van der Waals surface area contributed by atoms with E-state index in [-0.39, 0.29) is 0 Å². The van der Waals surface area contributed by atoms with Gasteiger partial charge in [-0.05, 0) is 25.9 Å². The maximum atomic E-state index is 3.19. The first kappa shape index (κ1) is 14.0. The van der Waals surface area contributed by atoms with Crippen molar-refractivity contribution in [1.29, 1.82) is 0 Å². The van der Waals surface area contributed by atoms with E-state index in [1.807, 2.05) is 7.05 Å². The Morgan fingerprint density at radius 3 is 2.07 bits per heavy atom. The normalized spacial score (nSPS) is 13.1. The molecule has 0 aliphatic heterocycles. The van der Waals surface area contributed by atoms with E-state index < -0.39 is 0 Å². The average molecular weight is 199 g/mol. The molecule has 0 amide bonds. The molecule has 0 aromatic carbocycles. The van der Waals surface area contributed by atoms with Crippen LogP contribution in [-0.4, -0.2) is 13.6 Å². The van der Waals surface area contributed by atoms with Crippen molar-refractivity contribution < 1.29 is 0 Å². The smallest absolute Gasteiger partial charge is 0.00519 e. The molecule has 0 unspecified atom stereocenters. The van der Waals surface area contributed by atoms with Crippen molar-refractivity contribution >= 4 is 0 Å². The quantitative estimate of drug-likeness (QED) is 0.525. The molecule has 0 aromatic rings. The maximum Gasteiger partial charge on any atom is -0.00519 e. The highest BCUT2D eigenvalue weighted by atomic mass is 14.8. The Morgan fingerprint density at radius 1 is 0.929 bits per heavy atom. The second-order valence-corrected chi connectivity index (χ2v) is 4.53. The molecular formula is C13H29N. The topological polar surface area (TPSA) is 12.0 Å². The summed E-state index contributed by atoms with van der Waals surface area (Å²) in [4.78, 5) is 0. The van der Waals surface area contributed by atoms with Crippen LogP contribution in [0, 0.1) is 5.92 Å². The van der Waals surface area contributed by atoms with Gasteiger partial charge in [0.2, 0.25) is 0 Å². The molecule has 0 aliphatic rings. The van der Waals surface area contributed by atoms with E-state index in [4.69, 9.17) is 0 Å². The van der Waals surface area contributed by atoms with Gasteiger partial charge in [0.05, 0.1) is 0 Å². The number of hydrogen-bond donors (Lipinski definition) is 1. The van der Waals surface area contributed by atoms with Crippen LogP contribution in [0.1, 0.15) is 65.2 Å². The Labute approximate surface area is 90.7 Å². The lowest BCUT2D eigenvalue weighted by Crippen LogP contribution is -2.06. The Bertz CT molecular complexity index is 101. The molecule has 0 bridgehead atoms. The zero-order valence-corrected chi connectivity index (χ0v) is 10.4. The van der Waals surface area contributed by atoms with Crippen molar-refractivity contribution in [1.82, 2.24) is 5.32 Å². The van der Waals surface area contributed by atoms with Gasteiger partial charge in [0.1, 0.15) is 0 Å². The van der Waals surface area contributed by atoms with Gasteiger partial charge in [-0.3, -0.25) is 0 Å². The molecule has 0 saturated heterocycles. The summed E-state index contributed by atoms with van der Waals surface area (Å²) in [5, 5.41) is 3.19. The molecule has 0 aliphatic carbocycles. The fourth-order valence-corrected chi connectivity index (χ4v) is 1.71. The van der Waals surface area contributed by atoms with E-state index >= 15 is 0 Å². The van der Waals surface area contributed by atoms with Crippen LogP contribution < -0.4 is 5.32 Å². The summed E-state index contributed by atoms with van der Waals surface area (Å²) < 4.78 is 0. The fourth-order valence-electron chi connectivity index (χ4n) is 1.71. The van der Waals surface area contributed by atoms with E-state index in [2.05, 4.69) is 19.2 Å². The van der Waals surface area contributed by atoms with Crippen LogP contribution in [0.2, 0.25) is 0 Å².